The van der Waals surface area contributed by atoms with Crippen LogP contribution in [0.4, 0.5) is 13.2 Å². The summed E-state index contributed by atoms with van der Waals surface area (Å²) >= 11 is 5.80. The number of hydrogen-bond acceptors (Lipinski definition) is 5. The fraction of sp³-hybridized carbons (Fsp3) is 0.412. The van der Waals surface area contributed by atoms with E-state index in [0.29, 0.717) is 25.7 Å². The molecule has 1 saturated heterocycles. The third kappa shape index (κ3) is 6.08. The zero-order valence-electron chi connectivity index (χ0n) is 14.9. The van der Waals surface area contributed by atoms with Crippen molar-refractivity contribution in [1.82, 2.24) is 15.5 Å². The van der Waals surface area contributed by atoms with Crippen LogP contribution in [0.1, 0.15) is 23.2 Å². The lowest BCUT2D eigenvalue weighted by atomic mass is 10.2. The van der Waals surface area contributed by atoms with Crippen LogP contribution in [-0.2, 0) is 14.4 Å². The second-order valence-corrected chi connectivity index (χ2v) is 6.38. The monoisotopic (exact) mass is 435 g/mol. The molecule has 29 heavy (non-hydrogen) atoms. The summed E-state index contributed by atoms with van der Waals surface area (Å²) in [4.78, 5) is 48.2. The molecule has 2 N–H and O–H groups in total. The van der Waals surface area contributed by atoms with Gasteiger partial charge >= 0.3 is 6.36 Å². The first-order valence-electron chi connectivity index (χ1n) is 8.47. The highest BCUT2D eigenvalue weighted by Gasteiger charge is 2.34. The Morgan fingerprint density at radius 3 is 2.66 bits per heavy atom. The maximum absolute atomic E-state index is 12.4. The third-order valence-electron chi connectivity index (χ3n) is 4.07. The molecule has 0 saturated carbocycles. The molecule has 0 spiro atoms. The lowest BCUT2D eigenvalue weighted by Gasteiger charge is -2.23. The van der Waals surface area contributed by atoms with Crippen molar-refractivity contribution in [2.75, 3.05) is 19.6 Å². The van der Waals surface area contributed by atoms with Crippen LogP contribution >= 0.6 is 11.6 Å². The molecule has 2 rings (SSSR count). The fourth-order valence-electron chi connectivity index (χ4n) is 2.84. The Labute approximate surface area is 168 Å². The van der Waals surface area contributed by atoms with Gasteiger partial charge in [-0.05, 0) is 25.0 Å². The summed E-state index contributed by atoms with van der Waals surface area (Å²) in [6, 6.07) is 2.52. The van der Waals surface area contributed by atoms with Crippen LogP contribution in [0.5, 0.6) is 5.75 Å². The minimum absolute atomic E-state index is 0.178. The number of rotatable bonds is 7. The highest BCUT2D eigenvalue weighted by atomic mass is 35.5. The highest BCUT2D eigenvalue weighted by molar-refractivity contribution is 6.35. The number of carbonyl (C=O) groups is 4. The van der Waals surface area contributed by atoms with Crippen molar-refractivity contribution in [2.45, 2.75) is 25.2 Å². The predicted octanol–water partition coefficient (Wildman–Crippen LogP) is 1.27. The molecular formula is C17H17ClF3N3O5. The van der Waals surface area contributed by atoms with Gasteiger partial charge in [-0.25, -0.2) is 0 Å². The molecule has 0 aliphatic carbocycles. The summed E-state index contributed by atoms with van der Waals surface area (Å²) in [5, 5.41) is 4.09. The van der Waals surface area contributed by atoms with Gasteiger partial charge in [-0.3, -0.25) is 14.4 Å². The number of aldehydes is 1. The molecule has 158 valence electrons. The van der Waals surface area contributed by atoms with E-state index in [9.17, 15) is 32.3 Å². The van der Waals surface area contributed by atoms with Crippen molar-refractivity contribution < 1.29 is 37.1 Å². The summed E-state index contributed by atoms with van der Waals surface area (Å²) in [5.41, 5.74) is -0.303. The van der Waals surface area contributed by atoms with Gasteiger partial charge in [0.05, 0.1) is 23.7 Å². The number of nitrogens with one attached hydrogen (secondary N) is 2. The second-order valence-electron chi connectivity index (χ2n) is 6.01. The lowest BCUT2D eigenvalue weighted by Crippen LogP contribution is -2.49. The zero-order valence-corrected chi connectivity index (χ0v) is 15.7. The first-order valence-corrected chi connectivity index (χ1v) is 8.85. The number of benzene rings is 1. The smallest absolute Gasteiger partial charge is 0.404 e. The maximum Gasteiger partial charge on any atom is 0.573 e. The Morgan fingerprint density at radius 2 is 2.00 bits per heavy atom. The molecule has 0 radical (unpaired) electrons. The number of amides is 3. The van der Waals surface area contributed by atoms with Gasteiger partial charge in [-0.2, -0.15) is 0 Å². The van der Waals surface area contributed by atoms with Crippen LogP contribution < -0.4 is 15.4 Å². The summed E-state index contributed by atoms with van der Waals surface area (Å²) in [7, 11) is 0. The zero-order chi connectivity index (χ0) is 21.6. The van der Waals surface area contributed by atoms with Crippen LogP contribution in [0.25, 0.3) is 0 Å². The molecule has 1 aromatic carbocycles. The molecule has 0 unspecified atom stereocenters. The highest BCUT2D eigenvalue weighted by Crippen LogP contribution is 2.32. The van der Waals surface area contributed by atoms with Crippen LogP contribution in [0.2, 0.25) is 5.02 Å². The standard InChI is InChI=1S/C17H17ClF3N3O5/c18-14-10(3-1-5-12(14)29-17(19,20)21)15(27)23-9-13(26)24-7-2-4-11(24)16(28)22-6-8-25/h1,3,5,8,11H,2,4,6-7,9H2,(H,22,28)(H,23,27)/t11-/m0/s1. The first-order chi connectivity index (χ1) is 13.6. The van der Waals surface area contributed by atoms with E-state index in [1.54, 1.807) is 0 Å². The number of nitrogens with zero attached hydrogens (tertiary/aromatic N) is 1. The van der Waals surface area contributed by atoms with Crippen molar-refractivity contribution in [3.05, 3.63) is 28.8 Å². The summed E-state index contributed by atoms with van der Waals surface area (Å²) in [6.07, 6.45) is -3.49. The molecular weight excluding hydrogens is 419 g/mol. The number of alkyl halides is 3. The number of halogens is 4. The average molecular weight is 436 g/mol. The predicted molar refractivity (Wildman–Crippen MR) is 94.3 cm³/mol. The van der Waals surface area contributed by atoms with Crippen LogP contribution in [-0.4, -0.2) is 60.9 Å². The molecule has 0 bridgehead atoms. The van der Waals surface area contributed by atoms with Crippen molar-refractivity contribution >= 4 is 35.6 Å². The van der Waals surface area contributed by atoms with Crippen LogP contribution in [0.3, 0.4) is 0 Å². The van der Waals surface area contributed by atoms with Gasteiger partial charge in [-0.1, -0.05) is 17.7 Å². The summed E-state index contributed by atoms with van der Waals surface area (Å²) < 4.78 is 40.9. The van der Waals surface area contributed by atoms with Gasteiger partial charge in [0.15, 0.2) is 0 Å². The van der Waals surface area contributed by atoms with Gasteiger partial charge in [0, 0.05) is 6.54 Å². The van der Waals surface area contributed by atoms with E-state index >= 15 is 0 Å². The Kier molecular flexibility index (Phi) is 7.43. The molecule has 1 heterocycles. The Bertz CT molecular complexity index is 803. The quantitative estimate of drug-likeness (QED) is 0.628. The summed E-state index contributed by atoms with van der Waals surface area (Å²) in [5.74, 6) is -2.66. The molecule has 3 amide bonds. The molecule has 12 heteroatoms. The SMILES string of the molecule is O=CCNC(=O)[C@@H]1CCCN1C(=O)CNC(=O)c1cccc(OC(F)(F)F)c1Cl. The summed E-state index contributed by atoms with van der Waals surface area (Å²) in [6.45, 7) is -0.372. The lowest BCUT2D eigenvalue weighted by molar-refractivity contribution is -0.274. The van der Waals surface area contributed by atoms with E-state index in [4.69, 9.17) is 11.6 Å². The van der Waals surface area contributed by atoms with Crippen molar-refractivity contribution in [2.24, 2.45) is 0 Å². The van der Waals surface area contributed by atoms with Gasteiger partial charge in [0.2, 0.25) is 11.8 Å². The van der Waals surface area contributed by atoms with Gasteiger partial charge < -0.3 is 25.1 Å². The second kappa shape index (κ2) is 9.59. The first kappa shape index (κ1) is 22.5. The average Bonchev–Trinajstić information content (AvgIpc) is 3.14. The molecule has 0 aromatic heterocycles. The Morgan fingerprint density at radius 1 is 1.28 bits per heavy atom. The van der Waals surface area contributed by atoms with E-state index in [-0.39, 0.29) is 12.1 Å². The third-order valence-corrected chi connectivity index (χ3v) is 4.46. The number of hydrogen-bond donors (Lipinski definition) is 2. The minimum atomic E-state index is -4.98. The maximum atomic E-state index is 12.4. The molecule has 1 aliphatic heterocycles. The normalized spacial score (nSPS) is 16.3. The van der Waals surface area contributed by atoms with E-state index in [0.717, 1.165) is 12.1 Å². The number of likely N-dealkylation sites (tertiary alicyclic amines) is 1. The molecule has 1 atom stereocenters. The van der Waals surface area contributed by atoms with Crippen molar-refractivity contribution in [3.8, 4) is 5.75 Å². The van der Waals surface area contributed by atoms with Gasteiger partial charge in [0.25, 0.3) is 5.91 Å². The van der Waals surface area contributed by atoms with E-state index in [2.05, 4.69) is 15.4 Å². The fourth-order valence-corrected chi connectivity index (χ4v) is 3.09. The van der Waals surface area contributed by atoms with Crippen molar-refractivity contribution in [1.29, 1.82) is 0 Å². The van der Waals surface area contributed by atoms with Crippen molar-refractivity contribution in [3.63, 3.8) is 0 Å². The van der Waals surface area contributed by atoms with E-state index in [1.807, 2.05) is 0 Å². The topological polar surface area (TPSA) is 105 Å². The Hall–Kier alpha value is -2.82. The van der Waals surface area contributed by atoms with Crippen LogP contribution in [0.15, 0.2) is 18.2 Å². The molecule has 1 fully saturated rings. The largest absolute Gasteiger partial charge is 0.573 e. The number of carbonyl (C=O) groups excluding carboxylic acids is 4. The molecule has 1 aromatic rings. The minimum Gasteiger partial charge on any atom is -0.404 e. The van der Waals surface area contributed by atoms with E-state index < -0.39 is 47.4 Å². The van der Waals surface area contributed by atoms with E-state index in [1.165, 1.54) is 11.0 Å². The van der Waals surface area contributed by atoms with Crippen LogP contribution in [0, 0.1) is 0 Å². The molecule has 8 nitrogen and oxygen atoms in total. The number of ether oxygens (including phenoxy) is 1. The van der Waals surface area contributed by atoms with Gasteiger partial charge in [0.1, 0.15) is 18.1 Å². The molecule has 1 aliphatic rings. The Balaban J connectivity index is 2.00. The van der Waals surface area contributed by atoms with Gasteiger partial charge in [-0.15, -0.1) is 13.2 Å².